The van der Waals surface area contributed by atoms with E-state index >= 15 is 0 Å². The molecule has 0 saturated carbocycles. The number of nitrogens with one attached hydrogen (secondary N) is 2. The normalized spacial score (nSPS) is 13.8. The summed E-state index contributed by atoms with van der Waals surface area (Å²) < 4.78 is 16.5. The van der Waals surface area contributed by atoms with Gasteiger partial charge in [-0.15, -0.1) is 0 Å². The quantitative estimate of drug-likeness (QED) is 0.608. The Kier molecular flexibility index (Phi) is 5.61. The van der Waals surface area contributed by atoms with Crippen LogP contribution >= 0.6 is 0 Å². The van der Waals surface area contributed by atoms with Gasteiger partial charge < -0.3 is 24.5 Å². The van der Waals surface area contributed by atoms with Crippen LogP contribution in [0.3, 0.4) is 0 Å². The number of hydrogen-bond acceptors (Lipinski definition) is 5. The minimum atomic E-state index is -0.539. The molecular weight excluding hydrogens is 384 g/mol. The van der Waals surface area contributed by atoms with Gasteiger partial charge in [-0.05, 0) is 29.7 Å². The van der Waals surface area contributed by atoms with Crippen molar-refractivity contribution in [1.29, 1.82) is 0 Å². The number of aromatic nitrogens is 1. The number of hydrogen-bond donors (Lipinski definition) is 2. The number of benzene rings is 2. The lowest BCUT2D eigenvalue weighted by atomic mass is 9.95. The average molecular weight is 408 g/mol. The highest BCUT2D eigenvalue weighted by Crippen LogP contribution is 2.34. The van der Waals surface area contributed by atoms with Gasteiger partial charge in [0.25, 0.3) is 5.91 Å². The zero-order chi connectivity index (χ0) is 21.1. The van der Waals surface area contributed by atoms with Crippen LogP contribution in [-0.2, 0) is 9.53 Å². The van der Waals surface area contributed by atoms with E-state index in [1.54, 1.807) is 6.20 Å². The zero-order valence-corrected chi connectivity index (χ0v) is 16.9. The van der Waals surface area contributed by atoms with Gasteiger partial charge in [-0.3, -0.25) is 4.79 Å². The fourth-order valence-corrected chi connectivity index (χ4v) is 3.55. The Labute approximate surface area is 174 Å². The first-order chi connectivity index (χ1) is 14.5. The van der Waals surface area contributed by atoms with Crippen LogP contribution in [-0.4, -0.2) is 36.7 Å². The lowest BCUT2D eigenvalue weighted by Crippen LogP contribution is -2.35. The Morgan fingerprint density at radius 2 is 1.87 bits per heavy atom. The molecule has 3 aromatic rings. The van der Waals surface area contributed by atoms with E-state index in [9.17, 15) is 9.59 Å². The summed E-state index contributed by atoms with van der Waals surface area (Å²) in [5, 5.41) is 3.72. The van der Waals surface area contributed by atoms with Crippen LogP contribution in [0.15, 0.2) is 48.7 Å². The topological polar surface area (TPSA) is 89.7 Å². The van der Waals surface area contributed by atoms with E-state index in [0.717, 1.165) is 16.5 Å². The van der Waals surface area contributed by atoms with Crippen molar-refractivity contribution in [3.63, 3.8) is 0 Å². The van der Waals surface area contributed by atoms with Crippen LogP contribution in [0.5, 0.6) is 11.5 Å². The Hall–Kier alpha value is -3.48. The van der Waals surface area contributed by atoms with Gasteiger partial charge in [-0.2, -0.15) is 0 Å². The van der Waals surface area contributed by atoms with Crippen LogP contribution < -0.4 is 14.8 Å². The maximum Gasteiger partial charge on any atom is 0.340 e. The summed E-state index contributed by atoms with van der Waals surface area (Å²) in [6.45, 7) is 4.70. The molecule has 156 valence electrons. The van der Waals surface area contributed by atoms with E-state index in [4.69, 9.17) is 14.2 Å². The lowest BCUT2D eigenvalue weighted by Gasteiger charge is -2.25. The SMILES string of the molecule is CC(C)[C@H](NC(=O)COC(=O)c1c[nH]c2ccccc12)c1ccc2c(c1)OCCO2. The minimum Gasteiger partial charge on any atom is -0.486 e. The molecular formula is C23H24N2O5. The molecule has 0 aliphatic carbocycles. The molecule has 0 radical (unpaired) electrons. The minimum absolute atomic E-state index is 0.126. The Balaban J connectivity index is 1.41. The van der Waals surface area contributed by atoms with Crippen LogP contribution in [0.4, 0.5) is 0 Å². The van der Waals surface area contributed by atoms with E-state index in [0.29, 0.717) is 30.3 Å². The number of esters is 1. The Morgan fingerprint density at radius 1 is 1.10 bits per heavy atom. The molecule has 1 amide bonds. The van der Waals surface area contributed by atoms with E-state index in [2.05, 4.69) is 10.3 Å². The van der Waals surface area contributed by atoms with Crippen LogP contribution in [0.1, 0.15) is 35.8 Å². The summed E-state index contributed by atoms with van der Waals surface area (Å²) in [6.07, 6.45) is 1.59. The molecule has 1 atom stereocenters. The number of rotatable bonds is 6. The Morgan fingerprint density at radius 3 is 2.67 bits per heavy atom. The van der Waals surface area contributed by atoms with Crippen LogP contribution in [0.2, 0.25) is 0 Å². The molecule has 0 unspecified atom stereocenters. The summed E-state index contributed by atoms with van der Waals surface area (Å²) in [5.74, 6) is 0.594. The molecule has 2 N–H and O–H groups in total. The van der Waals surface area contributed by atoms with Crippen molar-refractivity contribution in [1.82, 2.24) is 10.3 Å². The summed E-state index contributed by atoms with van der Waals surface area (Å²) in [5.41, 5.74) is 2.16. The maximum atomic E-state index is 12.5. The molecule has 0 bridgehead atoms. The van der Waals surface area contributed by atoms with Gasteiger partial charge in [0, 0.05) is 17.1 Å². The first-order valence-electron chi connectivity index (χ1n) is 9.95. The van der Waals surface area contributed by atoms with Gasteiger partial charge in [0.15, 0.2) is 18.1 Å². The lowest BCUT2D eigenvalue weighted by molar-refractivity contribution is -0.125. The Bertz CT molecular complexity index is 1070. The molecule has 7 heteroatoms. The molecule has 0 fully saturated rings. The second-order valence-corrected chi connectivity index (χ2v) is 7.52. The number of amides is 1. The molecule has 1 aliphatic rings. The predicted molar refractivity (Wildman–Crippen MR) is 112 cm³/mol. The molecule has 7 nitrogen and oxygen atoms in total. The first kappa shape index (κ1) is 19.8. The number of H-pyrrole nitrogens is 1. The third kappa shape index (κ3) is 4.10. The van der Waals surface area contributed by atoms with Crippen molar-refractivity contribution in [3.8, 4) is 11.5 Å². The van der Waals surface area contributed by atoms with Gasteiger partial charge in [0.2, 0.25) is 0 Å². The predicted octanol–water partition coefficient (Wildman–Crippen LogP) is 3.61. The molecule has 0 spiro atoms. The van der Waals surface area contributed by atoms with Crippen molar-refractivity contribution >= 4 is 22.8 Å². The van der Waals surface area contributed by atoms with Gasteiger partial charge in [0.1, 0.15) is 13.2 Å². The fourth-order valence-electron chi connectivity index (χ4n) is 3.55. The standard InChI is InChI=1S/C23H24N2O5/c1-14(2)22(15-7-8-19-20(11-15)29-10-9-28-19)25-21(26)13-30-23(27)17-12-24-18-6-4-3-5-16(17)18/h3-8,11-12,14,22,24H,9-10,13H2,1-2H3,(H,25,26)/t22-/m0/s1. The fraction of sp³-hybridized carbons (Fsp3) is 0.304. The van der Waals surface area contributed by atoms with Crippen molar-refractivity contribution in [2.75, 3.05) is 19.8 Å². The number of carbonyl (C=O) groups excluding carboxylic acids is 2. The maximum absolute atomic E-state index is 12.5. The molecule has 30 heavy (non-hydrogen) atoms. The highest BCUT2D eigenvalue weighted by atomic mass is 16.6. The van der Waals surface area contributed by atoms with Gasteiger partial charge in [0.05, 0.1) is 11.6 Å². The smallest absolute Gasteiger partial charge is 0.340 e. The molecule has 2 aromatic carbocycles. The van der Waals surface area contributed by atoms with Crippen LogP contribution in [0.25, 0.3) is 10.9 Å². The van der Waals surface area contributed by atoms with Crippen molar-refractivity contribution < 1.29 is 23.8 Å². The molecule has 2 heterocycles. The number of para-hydroxylation sites is 1. The summed E-state index contributed by atoms with van der Waals surface area (Å²) in [6, 6.07) is 12.8. The summed E-state index contributed by atoms with van der Waals surface area (Å²) >= 11 is 0. The second kappa shape index (κ2) is 8.49. The van der Waals surface area contributed by atoms with E-state index in [1.165, 1.54) is 0 Å². The summed E-state index contributed by atoms with van der Waals surface area (Å²) in [4.78, 5) is 28.0. The highest BCUT2D eigenvalue weighted by molar-refractivity contribution is 6.04. The second-order valence-electron chi connectivity index (χ2n) is 7.52. The largest absolute Gasteiger partial charge is 0.486 e. The van der Waals surface area contributed by atoms with E-state index in [1.807, 2.05) is 56.3 Å². The van der Waals surface area contributed by atoms with Crippen molar-refractivity contribution in [2.45, 2.75) is 19.9 Å². The number of ether oxygens (including phenoxy) is 3. The van der Waals surface area contributed by atoms with Gasteiger partial charge >= 0.3 is 5.97 Å². The third-order valence-electron chi connectivity index (χ3n) is 5.05. The highest BCUT2D eigenvalue weighted by Gasteiger charge is 2.22. The van der Waals surface area contributed by atoms with Crippen molar-refractivity contribution in [3.05, 3.63) is 59.8 Å². The van der Waals surface area contributed by atoms with E-state index in [-0.39, 0.29) is 24.5 Å². The number of carbonyl (C=O) groups is 2. The molecule has 1 aliphatic heterocycles. The molecule has 1 aromatic heterocycles. The number of aromatic amines is 1. The summed E-state index contributed by atoms with van der Waals surface area (Å²) in [7, 11) is 0. The number of fused-ring (bicyclic) bond motifs is 2. The van der Waals surface area contributed by atoms with Crippen molar-refractivity contribution in [2.24, 2.45) is 5.92 Å². The van der Waals surface area contributed by atoms with Crippen LogP contribution in [0, 0.1) is 5.92 Å². The first-order valence-corrected chi connectivity index (χ1v) is 9.95. The monoisotopic (exact) mass is 408 g/mol. The van der Waals surface area contributed by atoms with E-state index < -0.39 is 5.97 Å². The molecule has 0 saturated heterocycles. The zero-order valence-electron chi connectivity index (χ0n) is 16.9. The molecule has 4 rings (SSSR count). The average Bonchev–Trinajstić information content (AvgIpc) is 3.19. The van der Waals surface area contributed by atoms with Gasteiger partial charge in [-0.1, -0.05) is 38.1 Å². The van der Waals surface area contributed by atoms with Gasteiger partial charge in [-0.25, -0.2) is 4.79 Å². The third-order valence-corrected chi connectivity index (χ3v) is 5.05.